The first-order valence-electron chi connectivity index (χ1n) is 7.27. The van der Waals surface area contributed by atoms with Crippen molar-refractivity contribution in [1.82, 2.24) is 0 Å². The zero-order valence-electron chi connectivity index (χ0n) is 11.8. The fourth-order valence-corrected chi connectivity index (χ4v) is 3.30. The van der Waals surface area contributed by atoms with Crippen molar-refractivity contribution in [2.24, 2.45) is 11.8 Å². The Hall–Kier alpha value is -1.08. The van der Waals surface area contributed by atoms with E-state index in [2.05, 4.69) is 28.2 Å². The molecule has 1 aromatic carbocycles. The van der Waals surface area contributed by atoms with E-state index >= 15 is 0 Å². The summed E-state index contributed by atoms with van der Waals surface area (Å²) in [4.78, 5) is 0. The highest BCUT2D eigenvalue weighted by molar-refractivity contribution is 9.10. The van der Waals surface area contributed by atoms with Crippen LogP contribution in [0.15, 0.2) is 16.6 Å². The molecule has 0 saturated heterocycles. The Morgan fingerprint density at radius 2 is 1.95 bits per heavy atom. The molecule has 2 rings (SSSR count). The highest BCUT2D eigenvalue weighted by Gasteiger charge is 2.20. The van der Waals surface area contributed by atoms with Gasteiger partial charge in [-0.25, -0.2) is 4.39 Å². The van der Waals surface area contributed by atoms with E-state index in [0.717, 1.165) is 12.5 Å². The Bertz CT molecular complexity index is 502. The SMILES string of the molecule is CCC1CCC(CNc2ccc(C#N)c(Br)c2F)CC1. The van der Waals surface area contributed by atoms with Gasteiger partial charge in [-0.15, -0.1) is 0 Å². The normalized spacial score (nSPS) is 22.3. The van der Waals surface area contributed by atoms with Gasteiger partial charge in [0.2, 0.25) is 0 Å². The second-order valence-electron chi connectivity index (χ2n) is 5.58. The van der Waals surface area contributed by atoms with E-state index in [1.807, 2.05) is 6.07 Å². The Labute approximate surface area is 128 Å². The first-order chi connectivity index (χ1) is 9.65. The van der Waals surface area contributed by atoms with Crippen molar-refractivity contribution in [3.8, 4) is 6.07 Å². The molecule has 2 nitrogen and oxygen atoms in total. The molecule has 1 aromatic rings. The van der Waals surface area contributed by atoms with Crippen LogP contribution in [0.3, 0.4) is 0 Å². The molecule has 0 amide bonds. The molecule has 0 aromatic heterocycles. The second-order valence-corrected chi connectivity index (χ2v) is 6.37. The van der Waals surface area contributed by atoms with E-state index in [1.165, 1.54) is 32.1 Å². The van der Waals surface area contributed by atoms with Crippen molar-refractivity contribution in [2.45, 2.75) is 39.0 Å². The number of halogens is 2. The lowest BCUT2D eigenvalue weighted by Gasteiger charge is -2.28. The topological polar surface area (TPSA) is 35.8 Å². The molecule has 4 heteroatoms. The lowest BCUT2D eigenvalue weighted by atomic mass is 9.81. The van der Waals surface area contributed by atoms with E-state index in [9.17, 15) is 4.39 Å². The summed E-state index contributed by atoms with van der Waals surface area (Å²) < 4.78 is 14.3. The largest absolute Gasteiger partial charge is 0.382 e. The molecule has 0 aliphatic heterocycles. The Morgan fingerprint density at radius 3 is 2.55 bits per heavy atom. The molecule has 0 radical (unpaired) electrons. The van der Waals surface area contributed by atoms with Gasteiger partial charge < -0.3 is 5.32 Å². The summed E-state index contributed by atoms with van der Waals surface area (Å²) >= 11 is 3.14. The van der Waals surface area contributed by atoms with Crippen molar-refractivity contribution in [3.63, 3.8) is 0 Å². The van der Waals surface area contributed by atoms with Crippen LogP contribution in [0.25, 0.3) is 0 Å². The third kappa shape index (κ3) is 3.52. The maximum atomic E-state index is 14.1. The number of rotatable bonds is 4. The van der Waals surface area contributed by atoms with E-state index in [4.69, 9.17) is 5.26 Å². The fourth-order valence-electron chi connectivity index (χ4n) is 2.87. The van der Waals surface area contributed by atoms with Crippen LogP contribution < -0.4 is 5.32 Å². The number of hydrogen-bond donors (Lipinski definition) is 1. The predicted octanol–water partition coefficient (Wildman–Crippen LogP) is 5.09. The number of benzene rings is 1. The lowest BCUT2D eigenvalue weighted by molar-refractivity contribution is 0.278. The summed E-state index contributed by atoms with van der Waals surface area (Å²) in [6.45, 7) is 3.07. The molecule has 0 atom stereocenters. The minimum Gasteiger partial charge on any atom is -0.382 e. The van der Waals surface area contributed by atoms with Crippen molar-refractivity contribution < 1.29 is 4.39 Å². The standard InChI is InChI=1S/C16H20BrFN2/c1-2-11-3-5-12(6-4-11)10-20-14-8-7-13(9-19)15(17)16(14)18/h7-8,11-12,20H,2-6,10H2,1H3. The smallest absolute Gasteiger partial charge is 0.161 e. The Balaban J connectivity index is 1.92. The van der Waals surface area contributed by atoms with Crippen LogP contribution in [0, 0.1) is 29.0 Å². The summed E-state index contributed by atoms with van der Waals surface area (Å²) in [5.41, 5.74) is 0.810. The van der Waals surface area contributed by atoms with Gasteiger partial charge in [-0.2, -0.15) is 5.26 Å². The van der Waals surface area contributed by atoms with Gasteiger partial charge in [0, 0.05) is 6.54 Å². The van der Waals surface area contributed by atoms with Gasteiger partial charge in [0.05, 0.1) is 15.7 Å². The quantitative estimate of drug-likeness (QED) is 0.829. The van der Waals surface area contributed by atoms with E-state index in [0.29, 0.717) is 17.2 Å². The molecule has 0 bridgehead atoms. The van der Waals surface area contributed by atoms with Crippen LogP contribution in [0.5, 0.6) is 0 Å². The van der Waals surface area contributed by atoms with Crippen LogP contribution in [0.4, 0.5) is 10.1 Å². The third-order valence-corrected chi connectivity index (χ3v) is 5.10. The van der Waals surface area contributed by atoms with Crippen molar-refractivity contribution in [3.05, 3.63) is 28.0 Å². The average Bonchev–Trinajstić information content (AvgIpc) is 2.49. The minimum atomic E-state index is -0.369. The molecular weight excluding hydrogens is 319 g/mol. The van der Waals surface area contributed by atoms with Crippen molar-refractivity contribution in [1.29, 1.82) is 5.26 Å². The Kier molecular flexibility index (Phi) is 5.42. The van der Waals surface area contributed by atoms with Gasteiger partial charge in [0.25, 0.3) is 0 Å². The summed E-state index contributed by atoms with van der Waals surface area (Å²) in [7, 11) is 0. The summed E-state index contributed by atoms with van der Waals surface area (Å²) in [5.74, 6) is 1.14. The molecule has 1 aliphatic rings. The highest BCUT2D eigenvalue weighted by atomic mass is 79.9. The third-order valence-electron chi connectivity index (χ3n) is 4.33. The van der Waals surface area contributed by atoms with Crippen molar-refractivity contribution >= 4 is 21.6 Å². The fraction of sp³-hybridized carbons (Fsp3) is 0.562. The molecule has 1 N–H and O–H groups in total. The van der Waals surface area contributed by atoms with E-state index in [-0.39, 0.29) is 10.3 Å². The van der Waals surface area contributed by atoms with Gasteiger partial charge in [-0.1, -0.05) is 26.2 Å². The van der Waals surface area contributed by atoms with E-state index < -0.39 is 0 Å². The molecule has 1 fully saturated rings. The number of nitrogens with one attached hydrogen (secondary N) is 1. The van der Waals surface area contributed by atoms with Crippen LogP contribution in [-0.4, -0.2) is 6.54 Å². The number of hydrogen-bond acceptors (Lipinski definition) is 2. The maximum absolute atomic E-state index is 14.1. The Morgan fingerprint density at radius 1 is 1.30 bits per heavy atom. The maximum Gasteiger partial charge on any atom is 0.161 e. The average molecular weight is 339 g/mol. The molecule has 20 heavy (non-hydrogen) atoms. The van der Waals surface area contributed by atoms with Gasteiger partial charge >= 0.3 is 0 Å². The second kappa shape index (κ2) is 7.08. The molecule has 0 spiro atoms. The van der Waals surface area contributed by atoms with Gasteiger partial charge in [0.1, 0.15) is 6.07 Å². The highest BCUT2D eigenvalue weighted by Crippen LogP contribution is 2.32. The monoisotopic (exact) mass is 338 g/mol. The van der Waals surface area contributed by atoms with Crippen molar-refractivity contribution in [2.75, 3.05) is 11.9 Å². The molecular formula is C16H20BrFN2. The van der Waals surface area contributed by atoms with Gasteiger partial charge in [-0.05, 0) is 52.7 Å². The first-order valence-corrected chi connectivity index (χ1v) is 8.07. The minimum absolute atomic E-state index is 0.250. The molecule has 0 unspecified atom stereocenters. The molecule has 1 saturated carbocycles. The zero-order chi connectivity index (χ0) is 14.5. The zero-order valence-corrected chi connectivity index (χ0v) is 13.3. The van der Waals surface area contributed by atoms with E-state index in [1.54, 1.807) is 12.1 Å². The molecule has 108 valence electrons. The number of anilines is 1. The van der Waals surface area contributed by atoms with Crippen LogP contribution >= 0.6 is 15.9 Å². The predicted molar refractivity (Wildman–Crippen MR) is 83.0 cm³/mol. The van der Waals surface area contributed by atoms with Crippen LogP contribution in [0.1, 0.15) is 44.6 Å². The first kappa shape index (κ1) is 15.3. The lowest BCUT2D eigenvalue weighted by Crippen LogP contribution is -2.21. The summed E-state index contributed by atoms with van der Waals surface area (Å²) in [6, 6.07) is 5.26. The van der Waals surface area contributed by atoms with Gasteiger partial charge in [0.15, 0.2) is 5.82 Å². The molecule has 0 heterocycles. The summed E-state index contributed by atoms with van der Waals surface area (Å²) in [6.07, 6.45) is 6.32. The van der Waals surface area contributed by atoms with Crippen LogP contribution in [0.2, 0.25) is 0 Å². The number of nitriles is 1. The van der Waals surface area contributed by atoms with Crippen LogP contribution in [-0.2, 0) is 0 Å². The summed E-state index contributed by atoms with van der Waals surface area (Å²) in [5, 5.41) is 12.0. The molecule has 1 aliphatic carbocycles. The van der Waals surface area contributed by atoms with Gasteiger partial charge in [-0.3, -0.25) is 0 Å². The number of nitrogens with zero attached hydrogens (tertiary/aromatic N) is 1.